The molecular formula is C13H18N2O2. The molecule has 0 aliphatic carbocycles. The van der Waals surface area contributed by atoms with Crippen molar-refractivity contribution < 1.29 is 9.52 Å². The summed E-state index contributed by atoms with van der Waals surface area (Å²) in [6.07, 6.45) is 1.77. The molecule has 92 valence electrons. The SMILES string of the molecule is Cc1nc2cc(CCNCCCO)ccc2o1. The van der Waals surface area contributed by atoms with Crippen LogP contribution in [0.1, 0.15) is 17.9 Å². The number of fused-ring (bicyclic) bond motifs is 1. The third kappa shape index (κ3) is 3.28. The minimum atomic E-state index is 0.247. The van der Waals surface area contributed by atoms with Gasteiger partial charge in [0.05, 0.1) is 0 Å². The Hall–Kier alpha value is -1.39. The number of aromatic nitrogens is 1. The van der Waals surface area contributed by atoms with E-state index in [-0.39, 0.29) is 6.61 Å². The average Bonchev–Trinajstić information content (AvgIpc) is 2.68. The van der Waals surface area contributed by atoms with E-state index in [0.717, 1.165) is 37.0 Å². The maximum Gasteiger partial charge on any atom is 0.192 e. The van der Waals surface area contributed by atoms with Gasteiger partial charge in [0.15, 0.2) is 11.5 Å². The van der Waals surface area contributed by atoms with Gasteiger partial charge in [0.2, 0.25) is 0 Å². The molecule has 0 saturated heterocycles. The normalized spacial score (nSPS) is 11.2. The number of rotatable bonds is 6. The first-order chi connectivity index (χ1) is 8.29. The topological polar surface area (TPSA) is 58.3 Å². The fourth-order valence-corrected chi connectivity index (χ4v) is 1.81. The van der Waals surface area contributed by atoms with Crippen LogP contribution in [-0.2, 0) is 6.42 Å². The molecule has 1 heterocycles. The van der Waals surface area contributed by atoms with E-state index in [9.17, 15) is 0 Å². The Morgan fingerprint density at radius 2 is 2.24 bits per heavy atom. The first kappa shape index (κ1) is 12.1. The predicted octanol–water partition coefficient (Wildman–Crippen LogP) is 1.65. The van der Waals surface area contributed by atoms with Gasteiger partial charge in [0, 0.05) is 13.5 Å². The van der Waals surface area contributed by atoms with Crippen molar-refractivity contribution in [3.8, 4) is 0 Å². The monoisotopic (exact) mass is 234 g/mol. The molecule has 4 heteroatoms. The van der Waals surface area contributed by atoms with Crippen LogP contribution in [0.15, 0.2) is 22.6 Å². The lowest BCUT2D eigenvalue weighted by molar-refractivity contribution is 0.286. The van der Waals surface area contributed by atoms with Gasteiger partial charge in [-0.1, -0.05) is 6.07 Å². The summed E-state index contributed by atoms with van der Waals surface area (Å²) in [5.74, 6) is 0.707. The largest absolute Gasteiger partial charge is 0.441 e. The van der Waals surface area contributed by atoms with Gasteiger partial charge in [0.1, 0.15) is 5.52 Å². The van der Waals surface area contributed by atoms with E-state index in [4.69, 9.17) is 9.52 Å². The number of nitrogens with one attached hydrogen (secondary N) is 1. The fraction of sp³-hybridized carbons (Fsp3) is 0.462. The molecule has 0 atom stereocenters. The molecule has 0 aliphatic rings. The van der Waals surface area contributed by atoms with Crippen LogP contribution in [0.5, 0.6) is 0 Å². The minimum Gasteiger partial charge on any atom is -0.441 e. The van der Waals surface area contributed by atoms with Gasteiger partial charge in [-0.05, 0) is 43.6 Å². The van der Waals surface area contributed by atoms with E-state index in [1.54, 1.807) is 0 Å². The van der Waals surface area contributed by atoms with Crippen LogP contribution in [0.4, 0.5) is 0 Å². The molecule has 0 amide bonds. The lowest BCUT2D eigenvalue weighted by atomic mass is 10.1. The van der Waals surface area contributed by atoms with E-state index in [1.807, 2.05) is 13.0 Å². The highest BCUT2D eigenvalue weighted by Gasteiger charge is 2.02. The van der Waals surface area contributed by atoms with Crippen LogP contribution >= 0.6 is 0 Å². The Morgan fingerprint density at radius 3 is 3.06 bits per heavy atom. The Bertz CT molecular complexity index is 479. The summed E-state index contributed by atoms with van der Waals surface area (Å²) in [4.78, 5) is 4.31. The summed E-state index contributed by atoms with van der Waals surface area (Å²) < 4.78 is 5.43. The van der Waals surface area contributed by atoms with Gasteiger partial charge in [-0.25, -0.2) is 4.98 Å². The maximum atomic E-state index is 8.64. The molecule has 2 rings (SSSR count). The number of oxazole rings is 1. The predicted molar refractivity (Wildman–Crippen MR) is 67.0 cm³/mol. The molecule has 0 unspecified atom stereocenters. The molecule has 2 aromatic rings. The maximum absolute atomic E-state index is 8.64. The smallest absolute Gasteiger partial charge is 0.192 e. The lowest BCUT2D eigenvalue weighted by Crippen LogP contribution is -2.19. The molecule has 17 heavy (non-hydrogen) atoms. The number of aryl methyl sites for hydroxylation is 1. The zero-order chi connectivity index (χ0) is 12.1. The van der Waals surface area contributed by atoms with E-state index in [1.165, 1.54) is 5.56 Å². The molecule has 4 nitrogen and oxygen atoms in total. The van der Waals surface area contributed by atoms with Gasteiger partial charge in [-0.2, -0.15) is 0 Å². The molecular weight excluding hydrogens is 216 g/mol. The Labute approximate surface area is 101 Å². The fourth-order valence-electron chi connectivity index (χ4n) is 1.81. The summed E-state index contributed by atoms with van der Waals surface area (Å²) >= 11 is 0. The highest BCUT2D eigenvalue weighted by molar-refractivity contribution is 5.73. The first-order valence-corrected chi connectivity index (χ1v) is 5.97. The van der Waals surface area contributed by atoms with Gasteiger partial charge < -0.3 is 14.8 Å². The lowest BCUT2D eigenvalue weighted by Gasteiger charge is -2.03. The highest BCUT2D eigenvalue weighted by Crippen LogP contribution is 2.16. The van der Waals surface area contributed by atoms with Gasteiger partial charge in [-0.15, -0.1) is 0 Å². The second-order valence-corrected chi connectivity index (χ2v) is 4.11. The summed E-state index contributed by atoms with van der Waals surface area (Å²) in [6.45, 7) is 3.89. The summed E-state index contributed by atoms with van der Waals surface area (Å²) in [5, 5.41) is 11.9. The van der Waals surface area contributed by atoms with E-state index >= 15 is 0 Å². The van der Waals surface area contributed by atoms with Gasteiger partial charge in [0.25, 0.3) is 0 Å². The Balaban J connectivity index is 1.90. The van der Waals surface area contributed by atoms with Crippen LogP contribution in [0.2, 0.25) is 0 Å². The molecule has 0 spiro atoms. The molecule has 2 N–H and O–H groups in total. The molecule has 0 saturated carbocycles. The second kappa shape index (κ2) is 5.80. The number of hydrogen-bond acceptors (Lipinski definition) is 4. The van der Waals surface area contributed by atoms with Crippen molar-refractivity contribution >= 4 is 11.1 Å². The number of benzene rings is 1. The summed E-state index contributed by atoms with van der Waals surface area (Å²) in [6, 6.07) is 6.11. The number of nitrogens with zero attached hydrogens (tertiary/aromatic N) is 1. The van der Waals surface area contributed by atoms with Gasteiger partial charge in [-0.3, -0.25) is 0 Å². The standard InChI is InChI=1S/C13H18N2O2/c1-10-15-12-9-11(3-4-13(12)17-10)5-7-14-6-2-8-16/h3-4,9,14,16H,2,5-8H2,1H3. The summed E-state index contributed by atoms with van der Waals surface area (Å²) in [7, 11) is 0. The number of aliphatic hydroxyl groups excluding tert-OH is 1. The van der Waals surface area contributed by atoms with Crippen LogP contribution in [0.3, 0.4) is 0 Å². The average molecular weight is 234 g/mol. The molecule has 1 aromatic heterocycles. The highest BCUT2D eigenvalue weighted by atomic mass is 16.3. The Morgan fingerprint density at radius 1 is 1.35 bits per heavy atom. The molecule has 0 radical (unpaired) electrons. The van der Waals surface area contributed by atoms with Crippen LogP contribution in [0.25, 0.3) is 11.1 Å². The number of hydrogen-bond donors (Lipinski definition) is 2. The van der Waals surface area contributed by atoms with E-state index < -0.39 is 0 Å². The third-order valence-corrected chi connectivity index (χ3v) is 2.66. The molecule has 0 bridgehead atoms. The van der Waals surface area contributed by atoms with Crippen molar-refractivity contribution in [2.45, 2.75) is 19.8 Å². The zero-order valence-electron chi connectivity index (χ0n) is 10.1. The number of aliphatic hydroxyl groups is 1. The third-order valence-electron chi connectivity index (χ3n) is 2.66. The van der Waals surface area contributed by atoms with Gasteiger partial charge >= 0.3 is 0 Å². The quantitative estimate of drug-likeness (QED) is 0.746. The molecule has 0 fully saturated rings. The van der Waals surface area contributed by atoms with E-state index in [0.29, 0.717) is 5.89 Å². The molecule has 1 aromatic carbocycles. The first-order valence-electron chi connectivity index (χ1n) is 5.97. The summed E-state index contributed by atoms with van der Waals surface area (Å²) in [5.41, 5.74) is 3.03. The van der Waals surface area contributed by atoms with Crippen molar-refractivity contribution in [2.24, 2.45) is 0 Å². The van der Waals surface area contributed by atoms with Crippen LogP contribution < -0.4 is 5.32 Å². The zero-order valence-corrected chi connectivity index (χ0v) is 10.1. The van der Waals surface area contributed by atoms with Crippen molar-refractivity contribution in [1.82, 2.24) is 10.3 Å². The van der Waals surface area contributed by atoms with E-state index in [2.05, 4.69) is 22.4 Å². The Kier molecular flexibility index (Phi) is 4.12. The minimum absolute atomic E-state index is 0.247. The van der Waals surface area contributed by atoms with Crippen molar-refractivity contribution in [2.75, 3.05) is 19.7 Å². The van der Waals surface area contributed by atoms with Crippen molar-refractivity contribution in [3.05, 3.63) is 29.7 Å². The van der Waals surface area contributed by atoms with Crippen LogP contribution in [-0.4, -0.2) is 29.8 Å². The van der Waals surface area contributed by atoms with Crippen LogP contribution in [0, 0.1) is 6.92 Å². The second-order valence-electron chi connectivity index (χ2n) is 4.11. The molecule has 0 aliphatic heterocycles. The van der Waals surface area contributed by atoms with Crippen molar-refractivity contribution in [3.63, 3.8) is 0 Å². The van der Waals surface area contributed by atoms with Crippen molar-refractivity contribution in [1.29, 1.82) is 0 Å².